The predicted octanol–water partition coefficient (Wildman–Crippen LogP) is 3.66. The van der Waals surface area contributed by atoms with E-state index in [1.807, 2.05) is 90.8 Å². The van der Waals surface area contributed by atoms with Crippen LogP contribution in [0.5, 0.6) is 11.5 Å². The lowest BCUT2D eigenvalue weighted by atomic mass is 10.00. The van der Waals surface area contributed by atoms with Crippen molar-refractivity contribution >= 4 is 17.8 Å². The van der Waals surface area contributed by atoms with Crippen LogP contribution in [-0.4, -0.2) is 83.7 Å². The van der Waals surface area contributed by atoms with E-state index in [0.717, 1.165) is 16.7 Å². The van der Waals surface area contributed by atoms with Gasteiger partial charge in [-0.05, 0) is 35.2 Å². The Morgan fingerprint density at radius 3 is 2.23 bits per heavy atom. The first-order chi connectivity index (χ1) is 20.9. The SMILES string of the molecule is CCCN(C(=O)NCc1ccccc1)N1CC(=O)N2[C@@H](Cc3ccccc3)C(=O)N(Cc3ccc(OC)c(OC)c3)C[C@@H]21. The molecule has 10 nitrogen and oxygen atoms in total. The summed E-state index contributed by atoms with van der Waals surface area (Å²) in [5.41, 5.74) is 2.82. The van der Waals surface area contributed by atoms with Crippen molar-refractivity contribution in [2.24, 2.45) is 0 Å². The van der Waals surface area contributed by atoms with Crippen molar-refractivity contribution in [3.8, 4) is 11.5 Å². The summed E-state index contributed by atoms with van der Waals surface area (Å²) in [6.07, 6.45) is 0.595. The summed E-state index contributed by atoms with van der Waals surface area (Å²) in [5, 5.41) is 6.48. The molecule has 0 unspecified atom stereocenters. The third-order valence-corrected chi connectivity index (χ3v) is 7.93. The number of piperazine rings is 1. The number of methoxy groups -OCH3 is 2. The number of ether oxygens (including phenoxy) is 2. The van der Waals surface area contributed by atoms with Gasteiger partial charge >= 0.3 is 6.03 Å². The molecule has 1 N–H and O–H groups in total. The van der Waals surface area contributed by atoms with Gasteiger partial charge in [0.1, 0.15) is 12.2 Å². The smallest absolute Gasteiger partial charge is 0.332 e. The Bertz CT molecular complexity index is 1420. The van der Waals surface area contributed by atoms with E-state index >= 15 is 0 Å². The van der Waals surface area contributed by atoms with Crippen molar-refractivity contribution in [2.45, 2.75) is 45.1 Å². The molecular formula is C33H39N5O5. The summed E-state index contributed by atoms with van der Waals surface area (Å²) < 4.78 is 10.9. The van der Waals surface area contributed by atoms with Crippen LogP contribution in [0.4, 0.5) is 4.79 Å². The first kappa shape index (κ1) is 29.9. The summed E-state index contributed by atoms with van der Waals surface area (Å²) in [4.78, 5) is 44.7. The van der Waals surface area contributed by atoms with Crippen molar-refractivity contribution in [2.75, 3.05) is 33.9 Å². The average molecular weight is 586 g/mol. The first-order valence-corrected chi connectivity index (χ1v) is 14.6. The summed E-state index contributed by atoms with van der Waals surface area (Å²) in [7, 11) is 3.16. The topological polar surface area (TPSA) is 94.7 Å². The van der Waals surface area contributed by atoms with Crippen molar-refractivity contribution < 1.29 is 23.9 Å². The Labute approximate surface area is 252 Å². The van der Waals surface area contributed by atoms with Gasteiger partial charge < -0.3 is 24.6 Å². The second-order valence-corrected chi connectivity index (χ2v) is 10.8. The molecule has 0 saturated carbocycles. The van der Waals surface area contributed by atoms with Crippen LogP contribution >= 0.6 is 0 Å². The van der Waals surface area contributed by atoms with E-state index in [1.165, 1.54) is 0 Å². The molecule has 4 amide bonds. The Morgan fingerprint density at radius 1 is 0.907 bits per heavy atom. The van der Waals surface area contributed by atoms with Crippen molar-refractivity contribution in [1.29, 1.82) is 0 Å². The molecule has 2 aliphatic heterocycles. The fraction of sp³-hybridized carbons (Fsp3) is 0.364. The Balaban J connectivity index is 1.44. The maximum Gasteiger partial charge on any atom is 0.332 e. The van der Waals surface area contributed by atoms with Crippen molar-refractivity contribution in [3.05, 3.63) is 95.6 Å². The number of nitrogens with zero attached hydrogens (tertiary/aromatic N) is 4. The quantitative estimate of drug-likeness (QED) is 0.369. The summed E-state index contributed by atoms with van der Waals surface area (Å²) in [6, 6.07) is 24.1. The molecule has 0 radical (unpaired) electrons. The monoisotopic (exact) mass is 585 g/mol. The van der Waals surface area contributed by atoms with Crippen LogP contribution in [0.15, 0.2) is 78.9 Å². The van der Waals surface area contributed by atoms with Gasteiger partial charge in [-0.15, -0.1) is 0 Å². The van der Waals surface area contributed by atoms with E-state index in [4.69, 9.17) is 9.47 Å². The van der Waals surface area contributed by atoms with E-state index in [9.17, 15) is 14.4 Å². The molecule has 2 aliphatic rings. The van der Waals surface area contributed by atoms with E-state index in [1.54, 1.807) is 29.0 Å². The van der Waals surface area contributed by atoms with Gasteiger partial charge in [-0.1, -0.05) is 73.7 Å². The average Bonchev–Trinajstić information content (AvgIpc) is 3.36. The van der Waals surface area contributed by atoms with E-state index in [0.29, 0.717) is 44.0 Å². The molecular weight excluding hydrogens is 546 g/mol. The minimum atomic E-state index is -0.699. The number of benzene rings is 3. The molecule has 0 aromatic heterocycles. The van der Waals surface area contributed by atoms with Gasteiger partial charge in [0.25, 0.3) is 0 Å². The second kappa shape index (κ2) is 13.6. The second-order valence-electron chi connectivity index (χ2n) is 10.8. The molecule has 3 aromatic rings. The molecule has 2 heterocycles. The summed E-state index contributed by atoms with van der Waals surface area (Å²) in [6.45, 7) is 3.41. The normalized spacial score (nSPS) is 18.4. The number of hydrogen-bond acceptors (Lipinski definition) is 6. The lowest BCUT2D eigenvalue weighted by molar-refractivity contribution is -0.157. The highest BCUT2D eigenvalue weighted by atomic mass is 16.5. The van der Waals surface area contributed by atoms with Crippen molar-refractivity contribution in [1.82, 2.24) is 25.1 Å². The van der Waals surface area contributed by atoms with Gasteiger partial charge in [0.15, 0.2) is 11.5 Å². The molecule has 226 valence electrons. The zero-order valence-electron chi connectivity index (χ0n) is 24.9. The fourth-order valence-corrected chi connectivity index (χ4v) is 5.85. The van der Waals surface area contributed by atoms with Crippen LogP contribution in [0, 0.1) is 0 Å². The molecule has 0 spiro atoms. The fourth-order valence-electron chi connectivity index (χ4n) is 5.85. The van der Waals surface area contributed by atoms with Gasteiger partial charge in [-0.25, -0.2) is 4.79 Å². The minimum Gasteiger partial charge on any atom is -0.493 e. The maximum atomic E-state index is 14.1. The summed E-state index contributed by atoms with van der Waals surface area (Å²) in [5.74, 6) is 0.894. The molecule has 5 rings (SSSR count). The van der Waals surface area contributed by atoms with Gasteiger partial charge in [-0.3, -0.25) is 14.6 Å². The minimum absolute atomic E-state index is 0.0200. The zero-order valence-corrected chi connectivity index (χ0v) is 24.9. The van der Waals surface area contributed by atoms with Crippen LogP contribution in [0.1, 0.15) is 30.0 Å². The molecule has 2 saturated heterocycles. The number of fused-ring (bicyclic) bond motifs is 1. The van der Waals surface area contributed by atoms with E-state index < -0.39 is 12.2 Å². The molecule has 0 bridgehead atoms. The van der Waals surface area contributed by atoms with Crippen LogP contribution in [-0.2, 0) is 29.1 Å². The Kier molecular flexibility index (Phi) is 9.46. The summed E-state index contributed by atoms with van der Waals surface area (Å²) >= 11 is 0. The van der Waals surface area contributed by atoms with Crippen molar-refractivity contribution in [3.63, 3.8) is 0 Å². The number of hydrogen-bond donors (Lipinski definition) is 1. The van der Waals surface area contributed by atoms with Gasteiger partial charge in [0.2, 0.25) is 11.8 Å². The lowest BCUT2D eigenvalue weighted by Gasteiger charge is -2.46. The highest BCUT2D eigenvalue weighted by Gasteiger charge is 2.52. The van der Waals surface area contributed by atoms with E-state index in [-0.39, 0.29) is 30.9 Å². The molecule has 0 aliphatic carbocycles. The van der Waals surface area contributed by atoms with Gasteiger partial charge in [-0.2, -0.15) is 5.01 Å². The van der Waals surface area contributed by atoms with Crippen LogP contribution in [0.25, 0.3) is 0 Å². The molecule has 43 heavy (non-hydrogen) atoms. The number of rotatable bonds is 11. The number of hydrazine groups is 1. The number of amides is 4. The Hall–Kier alpha value is -4.57. The van der Waals surface area contributed by atoms with Crippen LogP contribution < -0.4 is 14.8 Å². The number of carbonyl (C=O) groups excluding carboxylic acids is 3. The standard InChI is InChI=1S/C33H39N5O5/c1-4-17-36(33(41)34-20-25-13-9-6-10-14-25)37-23-31(39)38-27(18-24-11-7-5-8-12-24)32(40)35(22-30(37)38)21-26-15-16-28(42-2)29(19-26)43-3/h5-16,19,27,30H,4,17-18,20-23H2,1-3H3,(H,34,41)/t27-,30+/m0/s1. The van der Waals surface area contributed by atoms with Crippen LogP contribution in [0.3, 0.4) is 0 Å². The van der Waals surface area contributed by atoms with Gasteiger partial charge in [0.05, 0.1) is 27.3 Å². The third-order valence-electron chi connectivity index (χ3n) is 7.93. The maximum absolute atomic E-state index is 14.1. The van der Waals surface area contributed by atoms with Crippen LogP contribution in [0.2, 0.25) is 0 Å². The highest BCUT2D eigenvalue weighted by molar-refractivity contribution is 5.91. The zero-order chi connectivity index (χ0) is 30.3. The molecule has 2 fully saturated rings. The number of carbonyl (C=O) groups is 3. The number of nitrogens with one attached hydrogen (secondary N) is 1. The lowest BCUT2D eigenvalue weighted by Crippen LogP contribution is -2.66. The van der Waals surface area contributed by atoms with E-state index in [2.05, 4.69) is 5.32 Å². The largest absolute Gasteiger partial charge is 0.493 e. The third kappa shape index (κ3) is 6.59. The molecule has 3 aromatic carbocycles. The molecule has 2 atom stereocenters. The number of urea groups is 1. The Morgan fingerprint density at radius 2 is 1.58 bits per heavy atom. The molecule has 10 heteroatoms. The highest BCUT2D eigenvalue weighted by Crippen LogP contribution is 2.32. The predicted molar refractivity (Wildman–Crippen MR) is 162 cm³/mol. The van der Waals surface area contributed by atoms with Gasteiger partial charge in [0, 0.05) is 26.1 Å². The first-order valence-electron chi connectivity index (χ1n) is 14.6.